The van der Waals surface area contributed by atoms with Gasteiger partial charge in [0.1, 0.15) is 23.0 Å². The lowest BCUT2D eigenvalue weighted by atomic mass is 10.0. The van der Waals surface area contributed by atoms with Crippen LogP contribution in [0.3, 0.4) is 0 Å². The molecule has 1 N–H and O–H groups in total. The second kappa shape index (κ2) is 11.4. The van der Waals surface area contributed by atoms with E-state index in [1.807, 2.05) is 57.2 Å². The van der Waals surface area contributed by atoms with Crippen molar-refractivity contribution in [2.75, 3.05) is 24.6 Å². The molecule has 0 saturated carbocycles. The minimum absolute atomic E-state index is 0.561. The van der Waals surface area contributed by atoms with E-state index in [9.17, 15) is 0 Å². The number of aromatic nitrogens is 1. The molecule has 1 aliphatic rings. The Hall–Kier alpha value is -3.48. The molecule has 0 bridgehead atoms. The van der Waals surface area contributed by atoms with Crippen LogP contribution in [0.25, 0.3) is 0 Å². The van der Waals surface area contributed by atoms with Crippen LogP contribution in [0.2, 0.25) is 0 Å². The molecule has 0 spiro atoms. The molecule has 0 atom stereocenters. The van der Waals surface area contributed by atoms with Crippen LogP contribution in [-0.2, 0) is 0 Å². The van der Waals surface area contributed by atoms with E-state index in [0.29, 0.717) is 29.6 Å². The molecule has 174 valence electrons. The Labute approximate surface area is 197 Å². The number of benzene rings is 1. The number of anilines is 1. The summed E-state index contributed by atoms with van der Waals surface area (Å²) in [5, 5.41) is 4.54. The molecule has 2 heterocycles. The number of ether oxygens (including phenoxy) is 1. The maximum atomic E-state index is 5.84. The molecule has 2 aromatic rings. The van der Waals surface area contributed by atoms with Crippen LogP contribution < -0.4 is 15.1 Å². The highest BCUT2D eigenvalue weighted by Crippen LogP contribution is 2.26. The number of pyridine rings is 1. The summed E-state index contributed by atoms with van der Waals surface area (Å²) in [6.45, 7) is 16.6. The Morgan fingerprint density at radius 2 is 1.82 bits per heavy atom. The summed E-state index contributed by atoms with van der Waals surface area (Å²) in [6.07, 6.45) is 2.16. The van der Waals surface area contributed by atoms with Crippen molar-refractivity contribution in [1.29, 1.82) is 0 Å². The fraction of sp³-hybridized carbons (Fsp3) is 0.385. The van der Waals surface area contributed by atoms with Crippen LogP contribution in [0.1, 0.15) is 51.8 Å². The Balaban J connectivity index is 2.05. The smallest absolute Gasteiger partial charge is 0.175 e. The fourth-order valence-corrected chi connectivity index (χ4v) is 3.67. The number of hydrogen-bond donors (Lipinski definition) is 1. The maximum Gasteiger partial charge on any atom is 0.175 e. The number of nitrogens with one attached hydrogen (secondary N) is 1. The number of aliphatic imine (C=N–C) groups is 2. The molecule has 1 aliphatic heterocycles. The largest absolute Gasteiger partial charge is 0.493 e. The fourth-order valence-electron chi connectivity index (χ4n) is 3.67. The molecule has 0 aliphatic carbocycles. The molecule has 0 saturated heterocycles. The van der Waals surface area contributed by atoms with Crippen molar-refractivity contribution in [1.82, 2.24) is 10.4 Å². The van der Waals surface area contributed by atoms with Gasteiger partial charge in [-0.3, -0.25) is 5.43 Å². The summed E-state index contributed by atoms with van der Waals surface area (Å²) in [5.41, 5.74) is 7.50. The first kappa shape index (κ1) is 24.2. The molecule has 7 nitrogen and oxygen atoms in total. The number of amidine groups is 1. The highest BCUT2D eigenvalue weighted by Gasteiger charge is 2.27. The van der Waals surface area contributed by atoms with Crippen LogP contribution in [0.5, 0.6) is 5.75 Å². The van der Waals surface area contributed by atoms with Crippen molar-refractivity contribution in [3.63, 3.8) is 0 Å². The van der Waals surface area contributed by atoms with E-state index in [-0.39, 0.29) is 0 Å². The first-order valence-electron chi connectivity index (χ1n) is 11.6. The predicted octanol–water partition coefficient (Wildman–Crippen LogP) is 5.43. The lowest BCUT2D eigenvalue weighted by molar-refractivity contribution is 0.339. The monoisotopic (exact) mass is 446 g/mol. The van der Waals surface area contributed by atoms with E-state index in [1.54, 1.807) is 0 Å². The van der Waals surface area contributed by atoms with Crippen molar-refractivity contribution in [3.05, 3.63) is 59.9 Å². The van der Waals surface area contributed by atoms with E-state index in [1.165, 1.54) is 0 Å². The normalized spacial score (nSPS) is 15.5. The molecule has 0 fully saturated rings. The zero-order valence-corrected chi connectivity index (χ0v) is 20.4. The zero-order valence-electron chi connectivity index (χ0n) is 20.4. The van der Waals surface area contributed by atoms with Crippen molar-refractivity contribution in [3.8, 4) is 5.75 Å². The van der Waals surface area contributed by atoms with Crippen LogP contribution in [0.4, 0.5) is 11.5 Å². The van der Waals surface area contributed by atoms with E-state index in [4.69, 9.17) is 14.7 Å². The van der Waals surface area contributed by atoms with Gasteiger partial charge in [-0.05, 0) is 57.9 Å². The third-order valence-electron chi connectivity index (χ3n) is 5.05. The molecule has 7 heteroatoms. The zero-order chi connectivity index (χ0) is 23.8. The van der Waals surface area contributed by atoms with Gasteiger partial charge in [0.15, 0.2) is 5.84 Å². The molecule has 1 aromatic carbocycles. The standard InChI is InChI=1S/C26H34N6O/c1-7-16-32(17-8-2)23-15-14-21(19(6)28-23)29-25-24(30-31-26(25)27-18(4)5)20-12-10-11-13-22(20)33-9-3/h10-15H,4,7-9,16-17H2,1-3,5-6H3,(H,27,29,31). The van der Waals surface area contributed by atoms with Crippen LogP contribution >= 0.6 is 0 Å². The molecule has 33 heavy (non-hydrogen) atoms. The molecule has 1 aromatic heterocycles. The van der Waals surface area contributed by atoms with Gasteiger partial charge in [0.25, 0.3) is 0 Å². The Kier molecular flexibility index (Phi) is 8.35. The molecule has 0 radical (unpaired) electrons. The Morgan fingerprint density at radius 1 is 1.09 bits per heavy atom. The van der Waals surface area contributed by atoms with E-state index in [0.717, 1.165) is 54.4 Å². The van der Waals surface area contributed by atoms with Crippen LogP contribution in [0, 0.1) is 6.92 Å². The van der Waals surface area contributed by atoms with Gasteiger partial charge in [-0.25, -0.2) is 15.0 Å². The van der Waals surface area contributed by atoms with Crippen molar-refractivity contribution in [2.45, 2.75) is 47.5 Å². The van der Waals surface area contributed by atoms with E-state index in [2.05, 4.69) is 40.8 Å². The lowest BCUT2D eigenvalue weighted by Crippen LogP contribution is -2.26. The third kappa shape index (κ3) is 5.86. The van der Waals surface area contributed by atoms with Gasteiger partial charge in [-0.15, -0.1) is 0 Å². The molecule has 3 rings (SSSR count). The van der Waals surface area contributed by atoms with Gasteiger partial charge in [-0.1, -0.05) is 32.6 Å². The average molecular weight is 447 g/mol. The Bertz CT molecular complexity index is 1080. The summed E-state index contributed by atoms with van der Waals surface area (Å²) >= 11 is 0. The molecule has 0 amide bonds. The molecule has 0 unspecified atom stereocenters. The van der Waals surface area contributed by atoms with Gasteiger partial charge in [0.2, 0.25) is 0 Å². The number of nitrogens with zero attached hydrogens (tertiary/aromatic N) is 5. The van der Waals surface area contributed by atoms with Crippen LogP contribution in [-0.4, -0.2) is 41.9 Å². The van der Waals surface area contributed by atoms with Crippen molar-refractivity contribution >= 4 is 28.8 Å². The highest BCUT2D eigenvalue weighted by atomic mass is 16.5. The van der Waals surface area contributed by atoms with Gasteiger partial charge in [0, 0.05) is 24.4 Å². The second-order valence-electron chi connectivity index (χ2n) is 7.92. The molecular formula is C26H34N6O. The number of allylic oxidation sites excluding steroid dienone is 1. The van der Waals surface area contributed by atoms with Crippen molar-refractivity contribution in [2.24, 2.45) is 15.1 Å². The topological polar surface area (TPSA) is 74.5 Å². The number of hydrogen-bond acceptors (Lipinski definition) is 6. The SMILES string of the molecule is C=C(C)/N=C1\NN=C(c2ccccc2OCC)\C1=N\c1ccc(N(CCC)CCC)nc1C. The second-order valence-corrected chi connectivity index (χ2v) is 7.92. The van der Waals surface area contributed by atoms with E-state index < -0.39 is 0 Å². The number of hydrazone groups is 1. The maximum absolute atomic E-state index is 5.84. The summed E-state index contributed by atoms with van der Waals surface area (Å²) in [6, 6.07) is 11.9. The quantitative estimate of drug-likeness (QED) is 0.528. The van der Waals surface area contributed by atoms with Crippen LogP contribution in [0.15, 0.2) is 63.8 Å². The highest BCUT2D eigenvalue weighted by molar-refractivity contribution is 6.73. The number of para-hydroxylation sites is 1. The number of rotatable bonds is 10. The molecular weight excluding hydrogens is 412 g/mol. The Morgan fingerprint density at radius 3 is 2.45 bits per heavy atom. The summed E-state index contributed by atoms with van der Waals surface area (Å²) in [4.78, 5) is 16.7. The summed E-state index contributed by atoms with van der Waals surface area (Å²) in [5.74, 6) is 2.30. The predicted molar refractivity (Wildman–Crippen MR) is 138 cm³/mol. The summed E-state index contributed by atoms with van der Waals surface area (Å²) in [7, 11) is 0. The minimum atomic E-state index is 0.561. The average Bonchev–Trinajstić information content (AvgIpc) is 3.17. The van der Waals surface area contributed by atoms with Gasteiger partial charge in [-0.2, -0.15) is 5.10 Å². The summed E-state index contributed by atoms with van der Waals surface area (Å²) < 4.78 is 5.84. The number of aryl methyl sites for hydroxylation is 1. The van der Waals surface area contributed by atoms with Gasteiger partial charge in [0.05, 0.1) is 18.0 Å². The first-order valence-corrected chi connectivity index (χ1v) is 11.6. The van der Waals surface area contributed by atoms with Gasteiger partial charge >= 0.3 is 0 Å². The van der Waals surface area contributed by atoms with Gasteiger partial charge < -0.3 is 9.64 Å². The minimum Gasteiger partial charge on any atom is -0.493 e. The first-order chi connectivity index (χ1) is 16.0. The van der Waals surface area contributed by atoms with Crippen molar-refractivity contribution < 1.29 is 4.74 Å². The van der Waals surface area contributed by atoms with E-state index >= 15 is 0 Å². The third-order valence-corrected chi connectivity index (χ3v) is 5.05. The lowest BCUT2D eigenvalue weighted by Gasteiger charge is -2.23.